The van der Waals surface area contributed by atoms with Gasteiger partial charge >= 0.3 is 29.6 Å². The van der Waals surface area contributed by atoms with Gasteiger partial charge < -0.3 is 6.16 Å². The van der Waals surface area contributed by atoms with Crippen LogP contribution >= 0.6 is 11.6 Å². The average molecular weight is 289 g/mol. The molecule has 0 aliphatic carbocycles. The Balaban J connectivity index is 0.00000180. The zero-order valence-electron chi connectivity index (χ0n) is 11.2. The van der Waals surface area contributed by atoms with E-state index in [1.807, 2.05) is 18.2 Å². The van der Waals surface area contributed by atoms with Crippen LogP contribution in [0.4, 0.5) is 5.69 Å². The molecule has 0 aliphatic heterocycles. The van der Waals surface area contributed by atoms with Crippen LogP contribution in [-0.4, -0.2) is 9.91 Å². The van der Waals surface area contributed by atoms with Crippen LogP contribution in [0.15, 0.2) is 42.6 Å². The number of hydrogen-bond donors (Lipinski definition) is 0. The van der Waals surface area contributed by atoms with Gasteiger partial charge in [-0.15, -0.1) is 0 Å². The van der Waals surface area contributed by atoms with Gasteiger partial charge in [-0.2, -0.15) is 0 Å². The monoisotopic (exact) mass is 288 g/mol. The van der Waals surface area contributed by atoms with Crippen LogP contribution in [0.25, 0.3) is 0 Å². The minimum Gasteiger partial charge on any atom is -1.00 e. The summed E-state index contributed by atoms with van der Waals surface area (Å²) in [6.07, 6.45) is 1.66. The van der Waals surface area contributed by atoms with Crippen LogP contribution in [-0.2, 0) is 6.61 Å². The van der Waals surface area contributed by atoms with Gasteiger partial charge in [-0.3, -0.25) is 15.1 Å². The van der Waals surface area contributed by atoms with E-state index in [2.05, 4.69) is 4.98 Å². The van der Waals surface area contributed by atoms with E-state index in [0.29, 0.717) is 5.75 Å². The zero-order valence-corrected chi connectivity index (χ0v) is 13.0. The molecular formula is C12H10ClN2NaO3. The summed E-state index contributed by atoms with van der Waals surface area (Å²) in [5.41, 5.74) is 0.692. The summed E-state index contributed by atoms with van der Waals surface area (Å²) in [4.78, 5) is 14.1. The number of halogens is 1. The molecule has 94 valence electrons. The molecule has 0 atom stereocenters. The first-order valence-corrected chi connectivity index (χ1v) is 5.51. The fourth-order valence-electron chi connectivity index (χ4n) is 1.36. The molecule has 5 nitrogen and oxygen atoms in total. The van der Waals surface area contributed by atoms with Crippen molar-refractivity contribution in [2.75, 3.05) is 0 Å². The largest absolute Gasteiger partial charge is 1.00 e. The molecule has 0 spiro atoms. The van der Waals surface area contributed by atoms with Crippen LogP contribution < -0.4 is 34.3 Å². The maximum absolute atomic E-state index is 10.5. The summed E-state index contributed by atoms with van der Waals surface area (Å²) in [7, 11) is 0. The summed E-state index contributed by atoms with van der Waals surface area (Å²) in [6.45, 7) is 0.262. The second-order valence-corrected chi connectivity index (χ2v) is 3.89. The Bertz CT molecular complexity index is 572. The fraction of sp³-hybridized carbons (Fsp3) is 0.0833. The summed E-state index contributed by atoms with van der Waals surface area (Å²) < 4.78 is 5.44. The van der Waals surface area contributed by atoms with Gasteiger partial charge in [0.05, 0.1) is 15.6 Å². The Morgan fingerprint density at radius 3 is 2.74 bits per heavy atom. The van der Waals surface area contributed by atoms with Gasteiger partial charge in [0, 0.05) is 18.3 Å². The number of nitro groups is 1. The van der Waals surface area contributed by atoms with Gasteiger partial charge in [0.2, 0.25) is 0 Å². The average Bonchev–Trinajstić information content (AvgIpc) is 2.38. The molecule has 0 fully saturated rings. The molecule has 7 heteroatoms. The molecule has 1 heterocycles. The molecular weight excluding hydrogens is 279 g/mol. The second kappa shape index (κ2) is 7.45. The third-order valence-corrected chi connectivity index (χ3v) is 2.52. The van der Waals surface area contributed by atoms with Crippen molar-refractivity contribution in [2.24, 2.45) is 0 Å². The van der Waals surface area contributed by atoms with E-state index in [9.17, 15) is 10.1 Å². The van der Waals surface area contributed by atoms with Crippen molar-refractivity contribution in [2.45, 2.75) is 6.61 Å². The quantitative estimate of drug-likeness (QED) is 0.462. The van der Waals surface area contributed by atoms with Crippen LogP contribution in [0.2, 0.25) is 5.02 Å². The summed E-state index contributed by atoms with van der Waals surface area (Å²) >= 11 is 5.89. The maximum Gasteiger partial charge on any atom is 1.00 e. The van der Waals surface area contributed by atoms with E-state index in [-0.39, 0.29) is 48.3 Å². The van der Waals surface area contributed by atoms with Gasteiger partial charge in [0.15, 0.2) is 0 Å². The Morgan fingerprint density at radius 2 is 2.16 bits per heavy atom. The van der Waals surface area contributed by atoms with E-state index in [4.69, 9.17) is 16.3 Å². The van der Waals surface area contributed by atoms with Crippen molar-refractivity contribution in [3.8, 4) is 5.75 Å². The Hall–Kier alpha value is -1.14. The van der Waals surface area contributed by atoms with E-state index >= 15 is 0 Å². The molecule has 1 aromatic heterocycles. The number of ether oxygens (including phenoxy) is 1. The smallest absolute Gasteiger partial charge is 1.00 e. The summed E-state index contributed by atoms with van der Waals surface area (Å²) in [6, 6.07) is 9.56. The van der Waals surface area contributed by atoms with E-state index in [0.717, 1.165) is 5.69 Å². The molecule has 0 bridgehead atoms. The molecule has 0 unspecified atom stereocenters. The molecule has 0 saturated heterocycles. The second-order valence-electron chi connectivity index (χ2n) is 3.48. The van der Waals surface area contributed by atoms with Gasteiger partial charge in [0.1, 0.15) is 12.4 Å². The van der Waals surface area contributed by atoms with Crippen molar-refractivity contribution in [1.82, 2.24) is 4.98 Å². The van der Waals surface area contributed by atoms with Gasteiger partial charge in [-0.1, -0.05) is 17.7 Å². The molecule has 0 N–H and O–H groups in total. The molecule has 0 aliphatic rings. The number of non-ortho nitro benzene ring substituents is 1. The van der Waals surface area contributed by atoms with Crippen molar-refractivity contribution in [3.63, 3.8) is 0 Å². The fourth-order valence-corrected chi connectivity index (χ4v) is 1.58. The molecule has 0 radical (unpaired) electrons. The van der Waals surface area contributed by atoms with Crippen molar-refractivity contribution in [1.29, 1.82) is 0 Å². The van der Waals surface area contributed by atoms with Crippen molar-refractivity contribution in [3.05, 3.63) is 63.4 Å². The van der Waals surface area contributed by atoms with Crippen LogP contribution in [0.5, 0.6) is 5.75 Å². The van der Waals surface area contributed by atoms with E-state index < -0.39 is 4.92 Å². The van der Waals surface area contributed by atoms with E-state index in [1.165, 1.54) is 18.2 Å². The summed E-state index contributed by atoms with van der Waals surface area (Å²) in [5, 5.41) is 10.7. The number of benzene rings is 1. The molecule has 2 aromatic rings. The minimum atomic E-state index is -0.506. The third-order valence-electron chi connectivity index (χ3n) is 2.23. The maximum atomic E-state index is 10.5. The topological polar surface area (TPSA) is 65.3 Å². The normalized spacial score (nSPS) is 9.53. The molecule has 2 rings (SSSR count). The van der Waals surface area contributed by atoms with Gasteiger partial charge in [-0.05, 0) is 18.2 Å². The third kappa shape index (κ3) is 4.47. The Morgan fingerprint density at radius 1 is 1.37 bits per heavy atom. The van der Waals surface area contributed by atoms with Crippen molar-refractivity contribution < 1.29 is 40.6 Å². The number of nitro benzene ring substituents is 1. The minimum absolute atomic E-state index is 0. The predicted octanol–water partition coefficient (Wildman–Crippen LogP) is 0.339. The number of hydrogen-bond acceptors (Lipinski definition) is 4. The molecule has 0 amide bonds. The van der Waals surface area contributed by atoms with Gasteiger partial charge in [-0.25, -0.2) is 0 Å². The van der Waals surface area contributed by atoms with Crippen molar-refractivity contribution >= 4 is 17.3 Å². The van der Waals surface area contributed by atoms with Crippen LogP contribution in [0.3, 0.4) is 0 Å². The molecule has 1 aromatic carbocycles. The zero-order chi connectivity index (χ0) is 13.0. The molecule has 0 saturated carbocycles. The predicted molar refractivity (Wildman–Crippen MR) is 67.8 cm³/mol. The summed E-state index contributed by atoms with van der Waals surface area (Å²) in [5.74, 6) is 0.396. The van der Waals surface area contributed by atoms with E-state index in [1.54, 1.807) is 6.20 Å². The molecule has 19 heavy (non-hydrogen) atoms. The number of aromatic nitrogens is 1. The first-order chi connectivity index (χ1) is 8.66. The number of pyridine rings is 1. The first-order valence-electron chi connectivity index (χ1n) is 5.13. The number of nitrogens with zero attached hydrogens (tertiary/aromatic N) is 2. The SMILES string of the molecule is O=[N+]([O-])c1ccc(OCc2ccccn2)c(Cl)c1.[H-].[Na+]. The first kappa shape index (κ1) is 15.9. The van der Waals surface area contributed by atoms with Gasteiger partial charge in [0.25, 0.3) is 5.69 Å². The Labute approximate surface area is 138 Å². The Kier molecular flexibility index (Phi) is 6.24. The number of rotatable bonds is 4. The van der Waals surface area contributed by atoms with Crippen LogP contribution in [0, 0.1) is 10.1 Å². The standard InChI is InChI=1S/C12H9ClN2O3.Na.H/c13-11-7-10(15(16)17)4-5-12(11)18-8-9-3-1-2-6-14-9;;/h1-7H,8H2;;/q;+1;-1. The van der Waals surface area contributed by atoms with Crippen LogP contribution in [0.1, 0.15) is 7.12 Å².